The summed E-state index contributed by atoms with van der Waals surface area (Å²) in [6, 6.07) is 3.97. The smallest absolute Gasteiger partial charge is 0.301 e. The summed E-state index contributed by atoms with van der Waals surface area (Å²) in [5.41, 5.74) is -2.11. The number of ketones is 1. The lowest BCUT2D eigenvalue weighted by Gasteiger charge is -2.26. The van der Waals surface area contributed by atoms with Crippen molar-refractivity contribution in [2.45, 2.75) is 12.8 Å². The van der Waals surface area contributed by atoms with Crippen LogP contribution in [-0.2, 0) is 15.0 Å². The first kappa shape index (κ1) is 21.8. The quantitative estimate of drug-likeness (QED) is 0.341. The fourth-order valence-electron chi connectivity index (χ4n) is 2.71. The van der Waals surface area contributed by atoms with Gasteiger partial charge in [-0.25, -0.2) is 17.6 Å². The molecule has 2 aromatic carbocycles. The van der Waals surface area contributed by atoms with Crippen molar-refractivity contribution in [1.29, 1.82) is 0 Å². The van der Waals surface area contributed by atoms with Gasteiger partial charge >= 0.3 is 10.2 Å². The summed E-state index contributed by atoms with van der Waals surface area (Å²) in [6.45, 7) is -0.262. The van der Waals surface area contributed by atoms with E-state index in [2.05, 4.69) is 5.32 Å². The zero-order valence-corrected chi connectivity index (χ0v) is 17.6. The molecule has 0 amide bonds. The maximum atomic E-state index is 14.4. The number of Topliss-reactive ketones (excluding diaryl/α,β-unsaturated/α-hetero) is 1. The van der Waals surface area contributed by atoms with Gasteiger partial charge in [0.2, 0.25) is 0 Å². The van der Waals surface area contributed by atoms with E-state index in [0.717, 1.165) is 10.4 Å². The summed E-state index contributed by atoms with van der Waals surface area (Å²) in [5, 5.41) is 2.22. The molecule has 1 aliphatic rings. The highest BCUT2D eigenvalue weighted by molar-refractivity contribution is 14.1. The number of carbonyl (C=O) groups excluding carboxylic acids is 1. The highest BCUT2D eigenvalue weighted by atomic mass is 127. The number of piperidine rings is 1. The number of rotatable bonds is 5. The monoisotopic (exact) mass is 543 g/mol. The Morgan fingerprint density at radius 2 is 1.59 bits per heavy atom. The molecular weight excluding hydrogens is 529 g/mol. The van der Waals surface area contributed by atoms with E-state index in [1.807, 2.05) is 27.3 Å². The summed E-state index contributed by atoms with van der Waals surface area (Å²) in [5.74, 6) is -5.51. The molecule has 0 saturated carbocycles. The average molecular weight is 543 g/mol. The zero-order chi connectivity index (χ0) is 21.3. The van der Waals surface area contributed by atoms with Crippen LogP contribution in [0.5, 0.6) is 0 Å². The summed E-state index contributed by atoms with van der Waals surface area (Å²) < 4.78 is 85.0. The van der Waals surface area contributed by atoms with Gasteiger partial charge in [0.15, 0.2) is 17.5 Å². The molecule has 0 aliphatic carbocycles. The zero-order valence-electron chi connectivity index (χ0n) is 14.6. The predicted molar refractivity (Wildman–Crippen MR) is 107 cm³/mol. The first-order valence-corrected chi connectivity index (χ1v) is 10.8. The van der Waals surface area contributed by atoms with E-state index in [9.17, 15) is 30.8 Å². The number of halogens is 5. The molecule has 1 fully saturated rings. The molecule has 2 aromatic rings. The Labute approximate surface area is 177 Å². The number of hydrogen-bond donors (Lipinski definition) is 2. The van der Waals surface area contributed by atoms with E-state index in [1.54, 1.807) is 0 Å². The van der Waals surface area contributed by atoms with Gasteiger partial charge in [-0.2, -0.15) is 12.7 Å². The van der Waals surface area contributed by atoms with Gasteiger partial charge in [0.05, 0.1) is 5.69 Å². The third kappa shape index (κ3) is 4.80. The summed E-state index contributed by atoms with van der Waals surface area (Å²) in [7, 11) is -4.38. The number of nitrogens with one attached hydrogen (secondary N) is 2. The molecule has 156 valence electrons. The summed E-state index contributed by atoms with van der Waals surface area (Å²) in [4.78, 5) is 11.3. The molecule has 0 radical (unpaired) electrons. The van der Waals surface area contributed by atoms with Crippen LogP contribution in [0.3, 0.4) is 0 Å². The fourth-order valence-corrected chi connectivity index (χ4v) is 4.41. The normalized spacial score (nSPS) is 15.4. The molecule has 3 rings (SSSR count). The van der Waals surface area contributed by atoms with Gasteiger partial charge < -0.3 is 5.32 Å². The minimum atomic E-state index is -4.38. The van der Waals surface area contributed by atoms with Crippen LogP contribution < -0.4 is 10.0 Å². The minimum Gasteiger partial charge on any atom is -0.349 e. The summed E-state index contributed by atoms with van der Waals surface area (Å²) >= 11 is 1.84. The molecule has 1 heterocycles. The standard InChI is InChI=1S/C17H14F4IN3O3S/c18-11-7-9(22)1-2-14(11)23-17-15(21)12(19)8-13(20)16(17)24-29(27,28)25-5-3-10(26)4-6-25/h1-2,7-8,23-24H,3-6H2. The predicted octanol–water partition coefficient (Wildman–Crippen LogP) is 3.91. The SMILES string of the molecule is O=C1CCN(S(=O)(=O)Nc2c(F)cc(F)c(F)c2Nc2ccc(I)cc2F)CC1. The highest BCUT2D eigenvalue weighted by Gasteiger charge is 2.30. The van der Waals surface area contributed by atoms with Gasteiger partial charge in [0.1, 0.15) is 23.0 Å². The molecule has 2 N–H and O–H groups in total. The van der Waals surface area contributed by atoms with Gasteiger partial charge in [-0.05, 0) is 40.8 Å². The molecular formula is C17H14F4IN3O3S. The van der Waals surface area contributed by atoms with E-state index in [0.29, 0.717) is 3.57 Å². The molecule has 0 atom stereocenters. The Bertz CT molecular complexity index is 1070. The van der Waals surface area contributed by atoms with Crippen molar-refractivity contribution in [2.75, 3.05) is 23.1 Å². The van der Waals surface area contributed by atoms with Crippen LogP contribution in [0.15, 0.2) is 24.3 Å². The van der Waals surface area contributed by atoms with Gasteiger partial charge in [0.25, 0.3) is 0 Å². The number of carbonyl (C=O) groups is 1. The van der Waals surface area contributed by atoms with Crippen LogP contribution in [0.1, 0.15) is 12.8 Å². The average Bonchev–Trinajstić information content (AvgIpc) is 2.64. The maximum Gasteiger partial charge on any atom is 0.301 e. The second-order valence-corrected chi connectivity index (χ2v) is 9.11. The largest absolute Gasteiger partial charge is 0.349 e. The molecule has 29 heavy (non-hydrogen) atoms. The van der Waals surface area contributed by atoms with E-state index >= 15 is 0 Å². The number of nitrogens with zero attached hydrogens (tertiary/aromatic N) is 1. The van der Waals surface area contributed by atoms with Crippen molar-refractivity contribution in [3.05, 3.63) is 51.1 Å². The van der Waals surface area contributed by atoms with Crippen molar-refractivity contribution < 1.29 is 30.8 Å². The van der Waals surface area contributed by atoms with Crippen LogP contribution in [0.4, 0.5) is 34.6 Å². The van der Waals surface area contributed by atoms with E-state index in [-0.39, 0.29) is 43.5 Å². The van der Waals surface area contributed by atoms with Crippen LogP contribution in [0.25, 0.3) is 0 Å². The number of anilines is 3. The molecule has 1 aliphatic heterocycles. The molecule has 12 heteroatoms. The number of hydrogen-bond acceptors (Lipinski definition) is 4. The molecule has 6 nitrogen and oxygen atoms in total. The Hall–Kier alpha value is -1.93. The van der Waals surface area contributed by atoms with Crippen LogP contribution >= 0.6 is 22.6 Å². The third-order valence-electron chi connectivity index (χ3n) is 4.21. The van der Waals surface area contributed by atoms with Crippen molar-refractivity contribution in [2.24, 2.45) is 0 Å². The maximum absolute atomic E-state index is 14.4. The third-order valence-corrected chi connectivity index (χ3v) is 6.39. The van der Waals surface area contributed by atoms with Crippen molar-refractivity contribution in [1.82, 2.24) is 4.31 Å². The second kappa shape index (κ2) is 8.44. The lowest BCUT2D eigenvalue weighted by Crippen LogP contribution is -2.42. The molecule has 0 unspecified atom stereocenters. The number of benzene rings is 2. The first-order valence-electron chi connectivity index (χ1n) is 8.27. The topological polar surface area (TPSA) is 78.5 Å². The van der Waals surface area contributed by atoms with Crippen LogP contribution in [-0.4, -0.2) is 31.6 Å². The first-order chi connectivity index (χ1) is 13.6. The van der Waals surface area contributed by atoms with Crippen molar-refractivity contribution in [3.8, 4) is 0 Å². The van der Waals surface area contributed by atoms with Gasteiger partial charge in [-0.3, -0.25) is 9.52 Å². The second-order valence-electron chi connectivity index (χ2n) is 6.20. The molecule has 1 saturated heterocycles. The Kier molecular flexibility index (Phi) is 6.33. The van der Waals surface area contributed by atoms with Crippen molar-refractivity contribution in [3.63, 3.8) is 0 Å². The molecule has 0 aromatic heterocycles. The Balaban J connectivity index is 2.00. The summed E-state index contributed by atoms with van der Waals surface area (Å²) in [6.07, 6.45) is -0.0275. The minimum absolute atomic E-state index is 0.0137. The van der Waals surface area contributed by atoms with E-state index in [4.69, 9.17) is 0 Å². The fraction of sp³-hybridized carbons (Fsp3) is 0.235. The molecule has 0 bridgehead atoms. The van der Waals surface area contributed by atoms with Crippen molar-refractivity contribution >= 4 is 55.6 Å². The lowest BCUT2D eigenvalue weighted by molar-refractivity contribution is -0.120. The lowest BCUT2D eigenvalue weighted by atomic mass is 10.1. The van der Waals surface area contributed by atoms with Gasteiger partial charge in [0, 0.05) is 35.6 Å². The van der Waals surface area contributed by atoms with E-state index in [1.165, 1.54) is 12.1 Å². The highest BCUT2D eigenvalue weighted by Crippen LogP contribution is 2.35. The van der Waals surface area contributed by atoms with E-state index < -0.39 is 44.9 Å². The van der Waals surface area contributed by atoms with Gasteiger partial charge in [-0.1, -0.05) is 0 Å². The molecule has 0 spiro atoms. The van der Waals surface area contributed by atoms with Crippen LogP contribution in [0.2, 0.25) is 0 Å². The van der Waals surface area contributed by atoms with Gasteiger partial charge in [-0.15, -0.1) is 0 Å². The van der Waals surface area contributed by atoms with Crippen LogP contribution in [0, 0.1) is 26.8 Å². The Morgan fingerprint density at radius 3 is 2.21 bits per heavy atom. The Morgan fingerprint density at radius 1 is 0.931 bits per heavy atom.